The Bertz CT molecular complexity index is 696. The number of hydrogen-bond donors (Lipinski definition) is 2. The molecule has 8 heteroatoms. The van der Waals surface area contributed by atoms with Crippen molar-refractivity contribution < 1.29 is 8.42 Å². The maximum absolute atomic E-state index is 12.0. The van der Waals surface area contributed by atoms with E-state index in [4.69, 9.17) is 11.6 Å². The van der Waals surface area contributed by atoms with Crippen molar-refractivity contribution >= 4 is 44.5 Å². The molecule has 106 valence electrons. The Morgan fingerprint density at radius 2 is 2.15 bits per heavy atom. The summed E-state index contributed by atoms with van der Waals surface area (Å²) in [5, 5.41) is 3.05. The van der Waals surface area contributed by atoms with Gasteiger partial charge in [-0.25, -0.2) is 13.4 Å². The zero-order valence-corrected chi connectivity index (χ0v) is 12.7. The van der Waals surface area contributed by atoms with Crippen LogP contribution < -0.4 is 10.0 Å². The van der Waals surface area contributed by atoms with Crippen molar-refractivity contribution in [2.75, 3.05) is 16.6 Å². The van der Waals surface area contributed by atoms with Crippen molar-refractivity contribution in [1.82, 2.24) is 4.98 Å². The number of aromatic nitrogens is 1. The number of nitrogens with zero attached hydrogens (tertiary/aromatic N) is 1. The summed E-state index contributed by atoms with van der Waals surface area (Å²) < 4.78 is 27.1. The lowest BCUT2D eigenvalue weighted by molar-refractivity contribution is 0.603. The molecule has 2 aromatic rings. The molecule has 20 heavy (non-hydrogen) atoms. The highest BCUT2D eigenvalue weighted by atomic mass is 35.5. The van der Waals surface area contributed by atoms with E-state index in [0.29, 0.717) is 10.9 Å². The number of thiophene rings is 1. The number of nitrogens with one attached hydrogen (secondary N) is 2. The topological polar surface area (TPSA) is 71.1 Å². The van der Waals surface area contributed by atoms with Crippen LogP contribution in [0, 0.1) is 0 Å². The number of sulfonamides is 1. The van der Waals surface area contributed by atoms with Gasteiger partial charge >= 0.3 is 0 Å². The molecule has 0 spiro atoms. The van der Waals surface area contributed by atoms with Gasteiger partial charge in [-0.1, -0.05) is 17.7 Å². The molecule has 0 saturated heterocycles. The van der Waals surface area contributed by atoms with Crippen molar-refractivity contribution in [1.29, 1.82) is 0 Å². The summed E-state index contributed by atoms with van der Waals surface area (Å²) in [6.45, 7) is 4.20. The Morgan fingerprint density at radius 1 is 1.35 bits per heavy atom. The second kappa shape index (κ2) is 6.25. The molecular weight excluding hydrogens is 318 g/mol. The molecule has 0 unspecified atom stereocenters. The second-order valence-corrected chi connectivity index (χ2v) is 7.39. The summed E-state index contributed by atoms with van der Waals surface area (Å²) >= 11 is 6.72. The monoisotopic (exact) mass is 329 g/mol. The molecule has 2 heterocycles. The lowest BCUT2D eigenvalue weighted by Crippen LogP contribution is -2.12. The molecule has 0 bridgehead atoms. The number of halogens is 1. The van der Waals surface area contributed by atoms with E-state index in [1.54, 1.807) is 24.4 Å². The van der Waals surface area contributed by atoms with Crippen LogP contribution in [0.2, 0.25) is 4.34 Å². The van der Waals surface area contributed by atoms with Crippen LogP contribution in [0.4, 0.5) is 11.5 Å². The van der Waals surface area contributed by atoms with Crippen molar-refractivity contribution in [3.63, 3.8) is 0 Å². The van der Waals surface area contributed by atoms with Crippen LogP contribution in [-0.2, 0) is 10.0 Å². The Balaban J connectivity index is 2.11. The zero-order chi connectivity index (χ0) is 14.6. The molecule has 5 nitrogen and oxygen atoms in total. The van der Waals surface area contributed by atoms with E-state index in [9.17, 15) is 8.42 Å². The van der Waals surface area contributed by atoms with Crippen LogP contribution >= 0.6 is 22.9 Å². The highest BCUT2D eigenvalue weighted by Gasteiger charge is 2.17. The van der Waals surface area contributed by atoms with Crippen LogP contribution in [-0.4, -0.2) is 19.9 Å². The number of pyridine rings is 1. The van der Waals surface area contributed by atoms with Gasteiger partial charge in [-0.05, 0) is 24.3 Å². The Labute approximate surface area is 126 Å². The number of rotatable bonds is 6. The third-order valence-corrected chi connectivity index (χ3v) is 5.34. The van der Waals surface area contributed by atoms with E-state index in [1.807, 2.05) is 0 Å². The van der Waals surface area contributed by atoms with Crippen LogP contribution in [0.1, 0.15) is 0 Å². The van der Waals surface area contributed by atoms with E-state index in [0.717, 1.165) is 17.0 Å². The Hall–Kier alpha value is -1.57. The average Bonchev–Trinajstić information content (AvgIpc) is 2.85. The summed E-state index contributed by atoms with van der Waals surface area (Å²) in [5.41, 5.74) is 0.784. The lowest BCUT2D eigenvalue weighted by Gasteiger charge is -2.07. The molecule has 2 rings (SSSR count). The minimum Gasteiger partial charge on any atom is -0.380 e. The van der Waals surface area contributed by atoms with Crippen molar-refractivity contribution in [3.05, 3.63) is 47.5 Å². The molecule has 0 aromatic carbocycles. The van der Waals surface area contributed by atoms with Gasteiger partial charge in [-0.3, -0.25) is 4.72 Å². The van der Waals surface area contributed by atoms with Gasteiger partial charge in [0.2, 0.25) is 0 Å². The quantitative estimate of drug-likeness (QED) is 0.798. The fraction of sp³-hybridized carbons (Fsp3) is 0.0833. The number of anilines is 2. The van der Waals surface area contributed by atoms with Gasteiger partial charge in [0.25, 0.3) is 10.0 Å². The van der Waals surface area contributed by atoms with Gasteiger partial charge < -0.3 is 5.32 Å². The fourth-order valence-electron chi connectivity index (χ4n) is 1.38. The van der Waals surface area contributed by atoms with E-state index < -0.39 is 10.0 Å². The summed E-state index contributed by atoms with van der Waals surface area (Å²) in [5.74, 6) is 0.249. The minimum atomic E-state index is -3.64. The largest absolute Gasteiger partial charge is 0.380 e. The molecule has 2 aromatic heterocycles. The van der Waals surface area contributed by atoms with E-state index >= 15 is 0 Å². The first-order chi connectivity index (χ1) is 9.51. The maximum atomic E-state index is 12.0. The predicted octanol–water partition coefficient (Wildman–Crippen LogP) is 3.20. The molecule has 0 atom stereocenters. The third-order valence-electron chi connectivity index (χ3n) is 2.27. The fourth-order valence-corrected chi connectivity index (χ4v) is 3.87. The van der Waals surface area contributed by atoms with Gasteiger partial charge in [-0.2, -0.15) is 0 Å². The Morgan fingerprint density at radius 3 is 2.70 bits per heavy atom. The predicted molar refractivity (Wildman–Crippen MR) is 83.1 cm³/mol. The van der Waals surface area contributed by atoms with Gasteiger partial charge in [0, 0.05) is 6.54 Å². The third kappa shape index (κ3) is 3.72. The standard InChI is InChI=1S/C12H12ClN3O2S2/c1-2-7-14-9-3-5-11(15-8-9)16-20(17,18)12-6-4-10(13)19-12/h2-6,8,14H,1,7H2,(H,15,16). The molecule has 0 saturated carbocycles. The summed E-state index contributed by atoms with van der Waals surface area (Å²) in [4.78, 5) is 4.03. The number of hydrogen-bond acceptors (Lipinski definition) is 5. The van der Waals surface area contributed by atoms with Crippen LogP contribution in [0.25, 0.3) is 0 Å². The molecular formula is C12H12ClN3O2S2. The van der Waals surface area contributed by atoms with Gasteiger partial charge in [-0.15, -0.1) is 17.9 Å². The average molecular weight is 330 g/mol. The highest BCUT2D eigenvalue weighted by molar-refractivity contribution is 7.94. The van der Waals surface area contributed by atoms with E-state index in [1.165, 1.54) is 12.1 Å². The minimum absolute atomic E-state index is 0.151. The Kier molecular flexibility index (Phi) is 4.64. The van der Waals surface area contributed by atoms with Crippen molar-refractivity contribution in [3.8, 4) is 0 Å². The summed E-state index contributed by atoms with van der Waals surface area (Å²) in [6, 6.07) is 6.31. The van der Waals surface area contributed by atoms with E-state index in [2.05, 4.69) is 21.6 Å². The molecule has 0 radical (unpaired) electrons. The van der Waals surface area contributed by atoms with Crippen LogP contribution in [0.5, 0.6) is 0 Å². The first-order valence-electron chi connectivity index (χ1n) is 5.60. The van der Waals surface area contributed by atoms with Crippen LogP contribution in [0.15, 0.2) is 47.3 Å². The maximum Gasteiger partial charge on any atom is 0.272 e. The van der Waals surface area contributed by atoms with Crippen molar-refractivity contribution in [2.45, 2.75) is 4.21 Å². The van der Waals surface area contributed by atoms with Crippen molar-refractivity contribution in [2.24, 2.45) is 0 Å². The summed E-state index contributed by atoms with van der Waals surface area (Å²) in [6.07, 6.45) is 3.26. The first kappa shape index (κ1) is 14.8. The molecule has 2 N–H and O–H groups in total. The molecule has 0 aliphatic carbocycles. The first-order valence-corrected chi connectivity index (χ1v) is 8.28. The van der Waals surface area contributed by atoms with Gasteiger partial charge in [0.15, 0.2) is 0 Å². The lowest BCUT2D eigenvalue weighted by atomic mass is 10.4. The zero-order valence-electron chi connectivity index (χ0n) is 10.3. The summed E-state index contributed by atoms with van der Waals surface area (Å²) in [7, 11) is -3.64. The smallest absolute Gasteiger partial charge is 0.272 e. The van der Waals surface area contributed by atoms with Gasteiger partial charge in [0.1, 0.15) is 10.0 Å². The van der Waals surface area contributed by atoms with Crippen LogP contribution in [0.3, 0.4) is 0 Å². The van der Waals surface area contributed by atoms with Gasteiger partial charge in [0.05, 0.1) is 16.2 Å². The molecule has 0 amide bonds. The molecule has 0 aliphatic rings. The second-order valence-electron chi connectivity index (χ2n) is 3.77. The van der Waals surface area contributed by atoms with E-state index in [-0.39, 0.29) is 10.0 Å². The highest BCUT2D eigenvalue weighted by Crippen LogP contribution is 2.26. The SMILES string of the molecule is C=CCNc1ccc(NS(=O)(=O)c2ccc(Cl)s2)nc1. The normalized spacial score (nSPS) is 11.1. The molecule has 0 fully saturated rings. The molecule has 0 aliphatic heterocycles.